The molecule has 0 unspecified atom stereocenters. The van der Waals surface area contributed by atoms with E-state index in [4.69, 9.17) is 39.5 Å². The molecule has 0 spiro atoms. The first-order valence-electron chi connectivity index (χ1n) is 34.3. The van der Waals surface area contributed by atoms with E-state index in [9.17, 15) is 92.0 Å². The molecular weight excluding hydrogens is 1370 g/mol. The largest absolute Gasteiger partial charge is 0.481 e. The summed E-state index contributed by atoms with van der Waals surface area (Å²) in [6.45, 7) is 8.06. The second-order valence-electron chi connectivity index (χ2n) is 25.8. The Bertz CT molecular complexity index is 3060. The number of amides is 13. The lowest BCUT2D eigenvalue weighted by Gasteiger charge is -2.29. The van der Waals surface area contributed by atoms with E-state index in [1.807, 2.05) is 0 Å². The fourth-order valence-electron chi connectivity index (χ4n) is 10.1. The zero-order chi connectivity index (χ0) is 78.8. The summed E-state index contributed by atoms with van der Waals surface area (Å²) in [5.41, 5.74) is 34.0. The van der Waals surface area contributed by atoms with Crippen LogP contribution in [-0.2, 0) is 83.1 Å². The Kier molecular flexibility index (Phi) is 43.7. The molecule has 0 aliphatic heterocycles. The molecule has 0 fully saturated rings. The van der Waals surface area contributed by atoms with Crippen LogP contribution in [0.25, 0.3) is 0 Å². The minimum absolute atomic E-state index is 0.0396. The molecule has 1 aromatic rings. The van der Waals surface area contributed by atoms with Crippen LogP contribution in [0.3, 0.4) is 0 Å². The molecular formula is C65H109N19O20. The number of aliphatic imine (C=N–C) groups is 1. The lowest BCUT2D eigenvalue weighted by Crippen LogP contribution is -2.62. The van der Waals surface area contributed by atoms with Gasteiger partial charge in [-0.1, -0.05) is 58.0 Å². The molecule has 104 heavy (non-hydrogen) atoms. The van der Waals surface area contributed by atoms with Crippen molar-refractivity contribution in [1.29, 1.82) is 0 Å². The van der Waals surface area contributed by atoms with Crippen molar-refractivity contribution in [3.63, 3.8) is 0 Å². The number of nitrogens with two attached hydrogens (primary N) is 6. The first-order valence-corrected chi connectivity index (χ1v) is 34.3. The average molecular weight is 1480 g/mol. The zero-order valence-corrected chi connectivity index (χ0v) is 59.8. The van der Waals surface area contributed by atoms with Gasteiger partial charge in [0.2, 0.25) is 76.8 Å². The molecule has 0 radical (unpaired) electrons. The monoisotopic (exact) mass is 1480 g/mol. The van der Waals surface area contributed by atoms with E-state index >= 15 is 0 Å². The van der Waals surface area contributed by atoms with Crippen LogP contribution in [-0.4, -0.2) is 226 Å². The molecule has 1 aromatic carbocycles. The number of aliphatic hydroxyl groups excluding tert-OH is 1. The number of nitrogens with zero attached hydrogens (tertiary/aromatic N) is 1. The topological polar surface area (TPSA) is 667 Å². The van der Waals surface area contributed by atoms with Crippen LogP contribution in [0.1, 0.15) is 150 Å². The normalized spacial score (nSPS) is 14.5. The number of carboxylic acids is 3. The highest BCUT2D eigenvalue weighted by molar-refractivity contribution is 6.00. The fourth-order valence-corrected chi connectivity index (χ4v) is 10.1. The summed E-state index contributed by atoms with van der Waals surface area (Å²) in [4.78, 5) is 216. The molecule has 1 rings (SSSR count). The van der Waals surface area contributed by atoms with Crippen LogP contribution in [0, 0.1) is 11.8 Å². The van der Waals surface area contributed by atoms with Gasteiger partial charge in [-0.3, -0.25) is 81.7 Å². The number of aliphatic hydroxyl groups is 1. The summed E-state index contributed by atoms with van der Waals surface area (Å²) >= 11 is 0. The van der Waals surface area contributed by atoms with Gasteiger partial charge in [-0.2, -0.15) is 0 Å². The van der Waals surface area contributed by atoms with Crippen LogP contribution >= 0.6 is 0 Å². The molecule has 28 N–H and O–H groups in total. The maximum absolute atomic E-state index is 14.7. The summed E-state index contributed by atoms with van der Waals surface area (Å²) in [5, 5.41) is 68.4. The van der Waals surface area contributed by atoms with Crippen molar-refractivity contribution in [3.8, 4) is 0 Å². The van der Waals surface area contributed by atoms with Crippen molar-refractivity contribution < 1.29 is 97.1 Å². The van der Waals surface area contributed by atoms with Crippen molar-refractivity contribution in [1.82, 2.24) is 63.8 Å². The molecule has 584 valence electrons. The molecule has 0 heterocycles. The van der Waals surface area contributed by atoms with E-state index in [-0.39, 0.29) is 108 Å². The number of carboxylic acid groups (broad SMARTS) is 3. The van der Waals surface area contributed by atoms with Gasteiger partial charge in [0.05, 0.1) is 18.7 Å². The number of aliphatic carboxylic acids is 3. The Morgan fingerprint density at radius 3 is 1.26 bits per heavy atom. The molecule has 39 nitrogen and oxygen atoms in total. The van der Waals surface area contributed by atoms with E-state index in [1.165, 1.54) is 6.92 Å². The van der Waals surface area contributed by atoms with Gasteiger partial charge in [0.25, 0.3) is 0 Å². The van der Waals surface area contributed by atoms with Gasteiger partial charge in [0.1, 0.15) is 67.0 Å². The highest BCUT2D eigenvalue weighted by atomic mass is 16.4. The molecule has 0 bridgehead atoms. The molecule has 0 aliphatic rings. The standard InChI is InChI=1S/C65H109N19O20/c1-34(2)29-45(81-59(99)44(22-25-51(90)91)77-55(95)39(68)17-14-28-72-65(70)71)61(101)79-41(19-11-13-27-67)60(100)84-53(37(6)85)64(104)83-47(31-38-15-8-7-9-16-38)63(103)82-46(30-35(3)4)62(102)78-40(18-10-12-26-66)58(98)80-43(21-24-50(88)89)57(97)75-36(5)54(94)73-32-49(87)76-42(20-23-48(69)86)56(96)74-33-52(92)93/h7-9,15-16,34-37,39-47,53,85H,10-14,17-33,66-68H2,1-6H3,(H2,69,86)(H,73,94)(H,74,96)(H,75,97)(H,76,87)(H,77,95)(H,78,102)(H,79,101)(H,80,98)(H,81,99)(H,82,103)(H,83,104)(H,84,100)(H,88,89)(H,90,91)(H,92,93)(H4,70,71,72)/t36-,37+,39-,40-,41-,42-,43-,44-,45-,46-,47-,53-/m0/s1. The number of hydrogen-bond acceptors (Lipinski definition) is 21. The van der Waals surface area contributed by atoms with Gasteiger partial charge in [-0.05, 0) is 128 Å². The average Bonchev–Trinajstić information content (AvgIpc) is 0.849. The lowest BCUT2D eigenvalue weighted by atomic mass is 9.99. The van der Waals surface area contributed by atoms with Gasteiger partial charge in [0, 0.05) is 32.2 Å². The van der Waals surface area contributed by atoms with Gasteiger partial charge in [0.15, 0.2) is 5.96 Å². The number of carbonyl (C=O) groups excluding carboxylic acids is 13. The van der Waals surface area contributed by atoms with Gasteiger partial charge < -0.3 is 119 Å². The highest BCUT2D eigenvalue weighted by Gasteiger charge is 2.38. The predicted molar refractivity (Wildman–Crippen MR) is 375 cm³/mol. The van der Waals surface area contributed by atoms with Gasteiger partial charge >= 0.3 is 17.9 Å². The van der Waals surface area contributed by atoms with Crippen LogP contribution in [0.15, 0.2) is 35.3 Å². The quantitative estimate of drug-likeness (QED) is 0.0164. The molecule has 0 saturated carbocycles. The number of primary amides is 1. The number of rotatable bonds is 53. The molecule has 39 heteroatoms. The first-order chi connectivity index (χ1) is 48.9. The number of carbonyl (C=O) groups is 16. The van der Waals surface area contributed by atoms with E-state index in [0.29, 0.717) is 18.4 Å². The van der Waals surface area contributed by atoms with Crippen molar-refractivity contribution in [3.05, 3.63) is 35.9 Å². The fraction of sp³-hybridized carbons (Fsp3) is 0.646. The Balaban J connectivity index is 3.61. The van der Waals surface area contributed by atoms with Crippen molar-refractivity contribution in [2.75, 3.05) is 32.7 Å². The second kappa shape index (κ2) is 49.5. The number of unbranched alkanes of at least 4 members (excludes halogenated alkanes) is 2. The minimum Gasteiger partial charge on any atom is -0.481 e. The van der Waals surface area contributed by atoms with E-state index in [2.05, 4.69) is 68.8 Å². The van der Waals surface area contributed by atoms with Crippen LogP contribution in [0.2, 0.25) is 0 Å². The molecule has 13 amide bonds. The zero-order valence-electron chi connectivity index (χ0n) is 59.8. The van der Waals surface area contributed by atoms with Crippen molar-refractivity contribution >= 4 is 101 Å². The molecule has 12 atom stereocenters. The minimum atomic E-state index is -1.84. The predicted octanol–water partition coefficient (Wildman–Crippen LogP) is -6.48. The maximum Gasteiger partial charge on any atom is 0.322 e. The number of hydrogen-bond donors (Lipinski definition) is 22. The smallest absolute Gasteiger partial charge is 0.322 e. The van der Waals surface area contributed by atoms with E-state index < -0.39 is 206 Å². The second-order valence-corrected chi connectivity index (χ2v) is 25.8. The summed E-state index contributed by atoms with van der Waals surface area (Å²) in [5.74, 6) is -17.5. The summed E-state index contributed by atoms with van der Waals surface area (Å²) < 4.78 is 0. The Labute approximate surface area is 602 Å². The molecule has 0 aliphatic carbocycles. The van der Waals surface area contributed by atoms with Crippen molar-refractivity contribution in [2.45, 2.75) is 223 Å². The van der Waals surface area contributed by atoms with E-state index in [1.54, 1.807) is 58.0 Å². The highest BCUT2D eigenvalue weighted by Crippen LogP contribution is 2.14. The third-order valence-electron chi connectivity index (χ3n) is 15.6. The van der Waals surface area contributed by atoms with Crippen molar-refractivity contribution in [2.24, 2.45) is 51.2 Å². The molecule has 0 saturated heterocycles. The maximum atomic E-state index is 14.7. The number of benzene rings is 1. The van der Waals surface area contributed by atoms with Crippen LogP contribution in [0.4, 0.5) is 0 Å². The SMILES string of the molecule is CC(C)C[C@H](NC(=O)[C@H](Cc1ccccc1)NC(=O)[C@@H](NC(=O)[C@H](CCCCN)NC(=O)[C@H](CC(C)C)NC(=O)[C@H](CCC(=O)O)NC(=O)[C@@H](N)CCCN=C(N)N)[C@@H](C)O)C(=O)N[C@@H](CCCCN)C(=O)N[C@@H](CCC(=O)O)C(=O)N[C@@H](C)C(=O)NCC(=O)N[C@@H](CCC(N)=O)C(=O)NCC(=O)O. The summed E-state index contributed by atoms with van der Waals surface area (Å²) in [6, 6.07) is -8.29. The number of guanidine groups is 1. The summed E-state index contributed by atoms with van der Waals surface area (Å²) in [7, 11) is 0. The van der Waals surface area contributed by atoms with Gasteiger partial charge in [-0.25, -0.2) is 0 Å². The third kappa shape index (κ3) is 38.8. The third-order valence-corrected chi connectivity index (χ3v) is 15.6. The summed E-state index contributed by atoms with van der Waals surface area (Å²) in [6.07, 6.45) is -3.77. The van der Waals surface area contributed by atoms with Gasteiger partial charge in [-0.15, -0.1) is 0 Å². The lowest BCUT2D eigenvalue weighted by molar-refractivity contribution is -0.139. The Morgan fingerprint density at radius 1 is 0.413 bits per heavy atom. The Morgan fingerprint density at radius 2 is 0.817 bits per heavy atom. The van der Waals surface area contributed by atoms with E-state index in [0.717, 1.165) is 6.92 Å². The molecule has 0 aromatic heterocycles. The van der Waals surface area contributed by atoms with Crippen LogP contribution < -0.4 is 98.2 Å². The first kappa shape index (κ1) is 91.9. The Hall–Kier alpha value is -10.2. The van der Waals surface area contributed by atoms with Crippen LogP contribution in [0.5, 0.6) is 0 Å². The number of nitrogens with one attached hydrogen (secondary N) is 12.